The van der Waals surface area contributed by atoms with Crippen molar-refractivity contribution in [1.82, 2.24) is 29.0 Å². The molecular formula is C16H14F2N6OS. The van der Waals surface area contributed by atoms with Crippen molar-refractivity contribution in [3.63, 3.8) is 0 Å². The zero-order valence-electron chi connectivity index (χ0n) is 14.0. The molecule has 0 bridgehead atoms. The molecule has 1 aliphatic heterocycles. The lowest BCUT2D eigenvalue weighted by molar-refractivity contribution is 0.0633. The third-order valence-electron chi connectivity index (χ3n) is 4.33. The van der Waals surface area contributed by atoms with Crippen molar-refractivity contribution in [3.05, 3.63) is 47.0 Å². The number of halogens is 2. The highest BCUT2D eigenvalue weighted by atomic mass is 32.1. The summed E-state index contributed by atoms with van der Waals surface area (Å²) in [6.07, 6.45) is 0. The first-order valence-corrected chi connectivity index (χ1v) is 8.73. The predicted octanol–water partition coefficient (Wildman–Crippen LogP) is 2.60. The van der Waals surface area contributed by atoms with Crippen molar-refractivity contribution >= 4 is 17.4 Å². The fraction of sp³-hybridized carbons (Fsp3) is 0.312. The summed E-state index contributed by atoms with van der Waals surface area (Å²) in [4.78, 5) is 18.6. The van der Waals surface area contributed by atoms with Gasteiger partial charge in [-0.2, -0.15) is 4.37 Å². The Morgan fingerprint density at radius 3 is 2.77 bits per heavy atom. The summed E-state index contributed by atoms with van der Waals surface area (Å²) in [5, 5.41) is 9.04. The van der Waals surface area contributed by atoms with Crippen LogP contribution in [-0.2, 0) is 6.54 Å². The van der Waals surface area contributed by atoms with Crippen LogP contribution in [0.2, 0.25) is 0 Å². The van der Waals surface area contributed by atoms with E-state index in [1.807, 2.05) is 4.57 Å². The van der Waals surface area contributed by atoms with E-state index in [2.05, 4.69) is 19.6 Å². The Morgan fingerprint density at radius 2 is 2.08 bits per heavy atom. The van der Waals surface area contributed by atoms with E-state index < -0.39 is 23.6 Å². The van der Waals surface area contributed by atoms with Crippen LogP contribution >= 0.6 is 11.5 Å². The molecule has 1 atom stereocenters. The zero-order valence-corrected chi connectivity index (χ0v) is 14.8. The van der Waals surface area contributed by atoms with Gasteiger partial charge in [-0.3, -0.25) is 4.79 Å². The van der Waals surface area contributed by atoms with Gasteiger partial charge in [-0.1, -0.05) is 0 Å². The molecule has 7 nitrogen and oxygen atoms in total. The number of hydrogen-bond donors (Lipinski definition) is 0. The predicted molar refractivity (Wildman–Crippen MR) is 89.5 cm³/mol. The maximum Gasteiger partial charge on any atom is 0.257 e. The molecule has 134 valence electrons. The largest absolute Gasteiger partial charge is 0.327 e. The van der Waals surface area contributed by atoms with E-state index in [-0.39, 0.29) is 5.56 Å². The van der Waals surface area contributed by atoms with Gasteiger partial charge in [-0.05, 0) is 37.5 Å². The standard InChI is InChI=1S/C16H14F2N6OS/c1-8-13-20-21-14(15-19-9(2)22-26-15)24(13)6-5-23(8)16(25)11-4-3-10(17)7-12(11)18/h3-4,7-8H,5-6H2,1-2H3. The van der Waals surface area contributed by atoms with Crippen molar-refractivity contribution in [2.24, 2.45) is 0 Å². The van der Waals surface area contributed by atoms with Crippen molar-refractivity contribution in [2.45, 2.75) is 26.4 Å². The first-order valence-electron chi connectivity index (χ1n) is 7.95. The minimum absolute atomic E-state index is 0.161. The molecule has 0 radical (unpaired) electrons. The molecule has 1 aliphatic rings. The van der Waals surface area contributed by atoms with E-state index in [4.69, 9.17) is 0 Å². The van der Waals surface area contributed by atoms with Crippen LogP contribution in [0.4, 0.5) is 8.78 Å². The average Bonchev–Trinajstić information content (AvgIpc) is 3.21. The first-order chi connectivity index (χ1) is 12.5. The lowest BCUT2D eigenvalue weighted by atomic mass is 10.1. The zero-order chi connectivity index (χ0) is 18.4. The SMILES string of the molecule is Cc1nsc(-c2nnc3n2CCN(C(=O)c2ccc(F)cc2F)C3C)n1. The molecule has 26 heavy (non-hydrogen) atoms. The monoisotopic (exact) mass is 376 g/mol. The van der Waals surface area contributed by atoms with Gasteiger partial charge >= 0.3 is 0 Å². The molecule has 1 aromatic carbocycles. The maximum absolute atomic E-state index is 14.0. The number of fused-ring (bicyclic) bond motifs is 1. The number of nitrogens with zero attached hydrogens (tertiary/aromatic N) is 6. The summed E-state index contributed by atoms with van der Waals surface area (Å²) in [6, 6.07) is 2.54. The lowest BCUT2D eigenvalue weighted by Gasteiger charge is -2.33. The van der Waals surface area contributed by atoms with Crippen LogP contribution in [0.25, 0.3) is 10.8 Å². The second-order valence-electron chi connectivity index (χ2n) is 5.98. The molecule has 0 spiro atoms. The fourth-order valence-corrected chi connectivity index (χ4v) is 3.69. The fourth-order valence-electron chi connectivity index (χ4n) is 3.03. The molecule has 3 aromatic rings. The molecule has 10 heteroatoms. The number of amides is 1. The van der Waals surface area contributed by atoms with Gasteiger partial charge in [-0.25, -0.2) is 13.8 Å². The molecule has 1 amide bonds. The van der Waals surface area contributed by atoms with Crippen LogP contribution in [-0.4, -0.2) is 41.5 Å². The molecule has 0 N–H and O–H groups in total. The highest BCUT2D eigenvalue weighted by Crippen LogP contribution is 2.30. The van der Waals surface area contributed by atoms with Gasteiger partial charge in [0.2, 0.25) is 0 Å². The molecule has 2 aromatic heterocycles. The van der Waals surface area contributed by atoms with Gasteiger partial charge in [0.25, 0.3) is 5.91 Å². The van der Waals surface area contributed by atoms with E-state index in [9.17, 15) is 13.6 Å². The van der Waals surface area contributed by atoms with Crippen LogP contribution in [0.1, 0.15) is 35.0 Å². The molecular weight excluding hydrogens is 362 g/mol. The second kappa shape index (κ2) is 6.20. The van der Waals surface area contributed by atoms with Gasteiger partial charge in [0.05, 0.1) is 11.6 Å². The third kappa shape index (κ3) is 2.66. The normalized spacial score (nSPS) is 16.6. The Balaban J connectivity index is 1.65. The summed E-state index contributed by atoms with van der Waals surface area (Å²) >= 11 is 1.24. The number of hydrogen-bond acceptors (Lipinski definition) is 6. The van der Waals surface area contributed by atoms with E-state index in [1.165, 1.54) is 16.4 Å². The van der Waals surface area contributed by atoms with Crippen molar-refractivity contribution in [3.8, 4) is 10.8 Å². The van der Waals surface area contributed by atoms with Crippen LogP contribution in [0.3, 0.4) is 0 Å². The molecule has 0 saturated carbocycles. The smallest absolute Gasteiger partial charge is 0.257 e. The Hall–Kier alpha value is -2.75. The minimum Gasteiger partial charge on any atom is -0.327 e. The number of carbonyl (C=O) groups is 1. The van der Waals surface area contributed by atoms with Crippen molar-refractivity contribution < 1.29 is 13.6 Å². The Morgan fingerprint density at radius 1 is 1.27 bits per heavy atom. The second-order valence-corrected chi connectivity index (χ2v) is 6.73. The molecule has 0 saturated heterocycles. The van der Waals surface area contributed by atoms with Crippen LogP contribution in [0.5, 0.6) is 0 Å². The minimum atomic E-state index is -0.876. The van der Waals surface area contributed by atoms with E-state index >= 15 is 0 Å². The van der Waals surface area contributed by atoms with Crippen LogP contribution in [0, 0.1) is 18.6 Å². The average molecular weight is 376 g/mol. The summed E-state index contributed by atoms with van der Waals surface area (Å²) < 4.78 is 33.1. The Kier molecular flexibility index (Phi) is 3.98. The molecule has 3 heterocycles. The molecule has 4 rings (SSSR count). The Bertz CT molecular complexity index is 1000. The highest BCUT2D eigenvalue weighted by Gasteiger charge is 2.33. The maximum atomic E-state index is 14.0. The summed E-state index contributed by atoms with van der Waals surface area (Å²) in [5.74, 6) is -0.235. The summed E-state index contributed by atoms with van der Waals surface area (Å²) in [6.45, 7) is 4.41. The van der Waals surface area contributed by atoms with Gasteiger partial charge in [0.1, 0.15) is 17.5 Å². The van der Waals surface area contributed by atoms with Crippen LogP contribution < -0.4 is 0 Å². The summed E-state index contributed by atoms with van der Waals surface area (Å²) in [5.41, 5.74) is -0.161. The lowest BCUT2D eigenvalue weighted by Crippen LogP contribution is -2.41. The summed E-state index contributed by atoms with van der Waals surface area (Å²) in [7, 11) is 0. The van der Waals surface area contributed by atoms with Crippen molar-refractivity contribution in [1.29, 1.82) is 0 Å². The van der Waals surface area contributed by atoms with E-state index in [0.29, 0.717) is 41.6 Å². The van der Waals surface area contributed by atoms with Gasteiger partial charge in [-0.15, -0.1) is 10.2 Å². The topological polar surface area (TPSA) is 76.8 Å². The molecule has 1 unspecified atom stereocenters. The van der Waals surface area contributed by atoms with Crippen molar-refractivity contribution in [2.75, 3.05) is 6.54 Å². The van der Waals surface area contributed by atoms with Gasteiger partial charge in [0.15, 0.2) is 16.7 Å². The van der Waals surface area contributed by atoms with Gasteiger partial charge < -0.3 is 9.47 Å². The highest BCUT2D eigenvalue weighted by molar-refractivity contribution is 7.09. The number of aromatic nitrogens is 5. The number of benzene rings is 1. The first kappa shape index (κ1) is 16.7. The number of rotatable bonds is 2. The van der Waals surface area contributed by atoms with Crippen LogP contribution in [0.15, 0.2) is 18.2 Å². The molecule has 0 fully saturated rings. The number of aryl methyl sites for hydroxylation is 1. The Labute approximate surface area is 151 Å². The molecule has 0 aliphatic carbocycles. The van der Waals surface area contributed by atoms with Gasteiger partial charge in [0, 0.05) is 19.2 Å². The quantitative estimate of drug-likeness (QED) is 0.687. The van der Waals surface area contributed by atoms with E-state index in [1.54, 1.807) is 13.8 Å². The third-order valence-corrected chi connectivity index (χ3v) is 5.13. The number of carbonyl (C=O) groups excluding carboxylic acids is 1. The van der Waals surface area contributed by atoms with E-state index in [0.717, 1.165) is 12.1 Å².